The Labute approximate surface area is 98.9 Å². The molecule has 0 radical (unpaired) electrons. The van der Waals surface area contributed by atoms with Crippen LogP contribution in [0.5, 0.6) is 0 Å². The molecule has 1 rings (SSSR count). The second-order valence-corrected chi connectivity index (χ2v) is 4.62. The number of rotatable bonds is 5. The van der Waals surface area contributed by atoms with Gasteiger partial charge in [0.15, 0.2) is 5.78 Å². The van der Waals surface area contributed by atoms with Crippen molar-refractivity contribution in [1.82, 2.24) is 0 Å². The van der Waals surface area contributed by atoms with Gasteiger partial charge in [0, 0.05) is 11.5 Å². The third-order valence-corrected chi connectivity index (χ3v) is 3.20. The van der Waals surface area contributed by atoms with Gasteiger partial charge in [-0.2, -0.15) is 0 Å². The Morgan fingerprint density at radius 1 is 1.12 bits per heavy atom. The second-order valence-electron chi connectivity index (χ2n) is 4.62. The average Bonchev–Trinajstić information content (AvgIpc) is 2.30. The fourth-order valence-corrected chi connectivity index (χ4v) is 2.10. The van der Waals surface area contributed by atoms with E-state index in [-0.39, 0.29) is 5.92 Å². The highest BCUT2D eigenvalue weighted by molar-refractivity contribution is 5.99. The molecule has 0 N–H and O–H groups in total. The predicted molar refractivity (Wildman–Crippen MR) is 68.9 cm³/mol. The third kappa shape index (κ3) is 2.72. The van der Waals surface area contributed by atoms with E-state index in [4.69, 9.17) is 0 Å². The van der Waals surface area contributed by atoms with E-state index in [1.165, 1.54) is 5.56 Å². The van der Waals surface area contributed by atoms with Gasteiger partial charge >= 0.3 is 0 Å². The number of benzene rings is 1. The van der Waals surface area contributed by atoms with Crippen molar-refractivity contribution in [2.24, 2.45) is 5.92 Å². The topological polar surface area (TPSA) is 17.1 Å². The number of ketones is 1. The zero-order chi connectivity index (χ0) is 12.1. The molecule has 0 fully saturated rings. The zero-order valence-electron chi connectivity index (χ0n) is 10.8. The van der Waals surface area contributed by atoms with Crippen molar-refractivity contribution in [1.29, 1.82) is 0 Å². The van der Waals surface area contributed by atoms with E-state index < -0.39 is 0 Å². The van der Waals surface area contributed by atoms with E-state index in [2.05, 4.69) is 33.8 Å². The van der Waals surface area contributed by atoms with Gasteiger partial charge in [0.25, 0.3) is 0 Å². The zero-order valence-corrected chi connectivity index (χ0v) is 10.8. The molecule has 1 aromatic rings. The number of carbonyl (C=O) groups is 1. The molecule has 0 aliphatic heterocycles. The van der Waals surface area contributed by atoms with Crippen LogP contribution in [-0.4, -0.2) is 5.78 Å². The first kappa shape index (κ1) is 13.0. The quantitative estimate of drug-likeness (QED) is 0.668. The van der Waals surface area contributed by atoms with Gasteiger partial charge in [0.1, 0.15) is 0 Å². The molecule has 0 atom stereocenters. The lowest BCUT2D eigenvalue weighted by atomic mass is 9.87. The summed E-state index contributed by atoms with van der Waals surface area (Å²) < 4.78 is 0. The molecule has 88 valence electrons. The number of hydrogen-bond donors (Lipinski definition) is 0. The highest BCUT2D eigenvalue weighted by Gasteiger charge is 2.19. The van der Waals surface area contributed by atoms with Crippen LogP contribution >= 0.6 is 0 Å². The summed E-state index contributed by atoms with van der Waals surface area (Å²) in [7, 11) is 0. The lowest BCUT2D eigenvalue weighted by Gasteiger charge is -2.16. The first-order valence-corrected chi connectivity index (χ1v) is 6.24. The molecule has 0 aliphatic carbocycles. The van der Waals surface area contributed by atoms with Crippen molar-refractivity contribution < 1.29 is 4.79 Å². The molecule has 16 heavy (non-hydrogen) atoms. The molecule has 0 spiro atoms. The summed E-state index contributed by atoms with van der Waals surface area (Å²) >= 11 is 0. The molecule has 1 heteroatoms. The molecule has 0 amide bonds. The van der Waals surface area contributed by atoms with Gasteiger partial charge < -0.3 is 0 Å². The summed E-state index contributed by atoms with van der Waals surface area (Å²) in [6, 6.07) is 8.01. The number of carbonyl (C=O) groups excluding carboxylic acids is 1. The third-order valence-electron chi connectivity index (χ3n) is 3.20. The fraction of sp³-hybridized carbons (Fsp3) is 0.533. The lowest BCUT2D eigenvalue weighted by molar-refractivity contribution is 0.0912. The van der Waals surface area contributed by atoms with Gasteiger partial charge in [-0.25, -0.2) is 0 Å². The normalized spacial score (nSPS) is 11.1. The molecule has 0 saturated heterocycles. The highest BCUT2D eigenvalue weighted by atomic mass is 16.1. The van der Waals surface area contributed by atoms with Crippen molar-refractivity contribution in [2.45, 2.75) is 46.5 Å². The monoisotopic (exact) mass is 218 g/mol. The molecule has 0 heterocycles. The Balaban J connectivity index is 3.07. The van der Waals surface area contributed by atoms with Crippen LogP contribution in [0, 0.1) is 5.92 Å². The predicted octanol–water partition coefficient (Wildman–Crippen LogP) is 4.43. The minimum Gasteiger partial charge on any atom is -0.294 e. The van der Waals surface area contributed by atoms with E-state index in [0.29, 0.717) is 11.7 Å². The van der Waals surface area contributed by atoms with Crippen molar-refractivity contribution in [3.8, 4) is 0 Å². The second kappa shape index (κ2) is 5.83. The van der Waals surface area contributed by atoms with Gasteiger partial charge in [-0.15, -0.1) is 0 Å². The van der Waals surface area contributed by atoms with Gasteiger partial charge in [0.2, 0.25) is 0 Å². The van der Waals surface area contributed by atoms with E-state index >= 15 is 0 Å². The van der Waals surface area contributed by atoms with Crippen LogP contribution < -0.4 is 0 Å². The summed E-state index contributed by atoms with van der Waals surface area (Å²) in [4.78, 5) is 12.3. The Bertz CT molecular complexity index is 348. The lowest BCUT2D eigenvalue weighted by Crippen LogP contribution is -2.15. The van der Waals surface area contributed by atoms with E-state index in [1.807, 2.05) is 18.2 Å². The van der Waals surface area contributed by atoms with Gasteiger partial charge in [0.05, 0.1) is 0 Å². The van der Waals surface area contributed by atoms with Crippen LogP contribution in [-0.2, 0) is 0 Å². The minimum absolute atomic E-state index is 0.180. The number of hydrogen-bond acceptors (Lipinski definition) is 1. The first-order chi connectivity index (χ1) is 7.61. The summed E-state index contributed by atoms with van der Waals surface area (Å²) in [6.45, 7) is 8.45. The van der Waals surface area contributed by atoms with Crippen molar-refractivity contribution >= 4 is 5.78 Å². The average molecular weight is 218 g/mol. The maximum absolute atomic E-state index is 12.3. The Morgan fingerprint density at radius 2 is 1.69 bits per heavy atom. The first-order valence-electron chi connectivity index (χ1n) is 6.24. The largest absolute Gasteiger partial charge is 0.294 e. The highest BCUT2D eigenvalue weighted by Crippen LogP contribution is 2.24. The Hall–Kier alpha value is -1.11. The van der Waals surface area contributed by atoms with Crippen LogP contribution in [0.1, 0.15) is 62.4 Å². The molecule has 0 aromatic heterocycles. The van der Waals surface area contributed by atoms with E-state index in [1.54, 1.807) is 0 Å². The van der Waals surface area contributed by atoms with Crippen LogP contribution in [0.25, 0.3) is 0 Å². The van der Waals surface area contributed by atoms with Crippen LogP contribution in [0.4, 0.5) is 0 Å². The summed E-state index contributed by atoms with van der Waals surface area (Å²) in [5.74, 6) is 0.906. The Kier molecular flexibility index (Phi) is 4.72. The molecule has 0 aliphatic rings. The minimum atomic E-state index is 0.180. The molecule has 0 bridgehead atoms. The molecular formula is C15H22O. The summed E-state index contributed by atoms with van der Waals surface area (Å²) in [5.41, 5.74) is 2.10. The van der Waals surface area contributed by atoms with Crippen molar-refractivity contribution in [2.75, 3.05) is 0 Å². The fourth-order valence-electron chi connectivity index (χ4n) is 2.10. The standard InChI is InChI=1S/C15H22O/c1-5-12(6-2)15(16)14-10-8-7-9-13(14)11(3)4/h7-12H,5-6H2,1-4H3. The molecule has 0 saturated carbocycles. The molecule has 1 aromatic carbocycles. The van der Waals surface area contributed by atoms with Crippen molar-refractivity contribution in [3.63, 3.8) is 0 Å². The maximum Gasteiger partial charge on any atom is 0.166 e. The van der Waals surface area contributed by atoms with Gasteiger partial charge in [-0.05, 0) is 24.3 Å². The van der Waals surface area contributed by atoms with Gasteiger partial charge in [-0.1, -0.05) is 52.0 Å². The molecule has 1 nitrogen and oxygen atoms in total. The van der Waals surface area contributed by atoms with Crippen molar-refractivity contribution in [3.05, 3.63) is 35.4 Å². The van der Waals surface area contributed by atoms with Crippen LogP contribution in [0.2, 0.25) is 0 Å². The molecule has 0 unspecified atom stereocenters. The maximum atomic E-state index is 12.3. The van der Waals surface area contributed by atoms with Gasteiger partial charge in [-0.3, -0.25) is 4.79 Å². The smallest absolute Gasteiger partial charge is 0.166 e. The van der Waals surface area contributed by atoms with Crippen LogP contribution in [0.3, 0.4) is 0 Å². The van der Waals surface area contributed by atoms with E-state index in [0.717, 1.165) is 18.4 Å². The molecular weight excluding hydrogens is 196 g/mol. The summed E-state index contributed by atoms with van der Waals surface area (Å²) in [5, 5.41) is 0. The van der Waals surface area contributed by atoms with E-state index in [9.17, 15) is 4.79 Å². The SMILES string of the molecule is CCC(CC)C(=O)c1ccccc1C(C)C. The summed E-state index contributed by atoms with van der Waals surface area (Å²) in [6.07, 6.45) is 1.86. The number of Topliss-reactive ketones (excluding diaryl/α,β-unsaturated/α-hetero) is 1. The Morgan fingerprint density at radius 3 is 2.19 bits per heavy atom. The van der Waals surface area contributed by atoms with Crippen LogP contribution in [0.15, 0.2) is 24.3 Å².